The molecular formula is C48H52N6O7Si. The van der Waals surface area contributed by atoms with Crippen molar-refractivity contribution in [2.24, 2.45) is 16.1 Å². The van der Waals surface area contributed by atoms with E-state index >= 15 is 4.79 Å². The van der Waals surface area contributed by atoms with Gasteiger partial charge in [0.1, 0.15) is 0 Å². The van der Waals surface area contributed by atoms with E-state index in [1.165, 1.54) is 10.0 Å². The van der Waals surface area contributed by atoms with E-state index in [-0.39, 0.29) is 55.7 Å². The fourth-order valence-electron chi connectivity index (χ4n) is 10.3. The van der Waals surface area contributed by atoms with Crippen molar-refractivity contribution in [2.45, 2.75) is 94.8 Å². The van der Waals surface area contributed by atoms with E-state index < -0.39 is 31.5 Å². The number of aliphatic hydroxyl groups excluding tert-OH is 1. The molecule has 5 aliphatic rings. The second-order valence-electron chi connectivity index (χ2n) is 17.6. The first-order valence-corrected chi connectivity index (χ1v) is 24.7. The summed E-state index contributed by atoms with van der Waals surface area (Å²) in [5, 5.41) is 22.4. The number of amides is 4. The third-order valence-electron chi connectivity index (χ3n) is 13.3. The van der Waals surface area contributed by atoms with Crippen LogP contribution < -0.4 is 14.9 Å². The van der Waals surface area contributed by atoms with Gasteiger partial charge in [0.05, 0.1) is 60.2 Å². The van der Waals surface area contributed by atoms with Crippen LogP contribution in [0.3, 0.4) is 0 Å². The highest BCUT2D eigenvalue weighted by Gasteiger charge is 2.66. The molecule has 0 radical (unpaired) electrons. The number of likely N-dealkylation sites (tertiary alicyclic amines) is 1. The molecule has 320 valence electrons. The summed E-state index contributed by atoms with van der Waals surface area (Å²) in [6, 6.07) is 32.2. The Hall–Kier alpha value is -5.80. The molecule has 2 N–H and O–H groups in total. The van der Waals surface area contributed by atoms with Crippen LogP contribution in [0.1, 0.15) is 74.1 Å². The second-order valence-corrected chi connectivity index (χ2v) is 21.6. The van der Waals surface area contributed by atoms with Gasteiger partial charge in [-0.1, -0.05) is 79.7 Å². The van der Waals surface area contributed by atoms with E-state index in [2.05, 4.69) is 0 Å². The molecule has 4 aromatic rings. The van der Waals surface area contributed by atoms with E-state index in [0.29, 0.717) is 54.9 Å². The molecule has 0 aromatic heterocycles. The van der Waals surface area contributed by atoms with Gasteiger partial charge < -0.3 is 24.4 Å². The van der Waals surface area contributed by atoms with Crippen LogP contribution in [0.5, 0.6) is 0 Å². The highest BCUT2D eigenvalue weighted by atomic mass is 28.4. The third kappa shape index (κ3) is 7.38. The lowest BCUT2D eigenvalue weighted by Gasteiger charge is -2.33. The number of carbonyl (C=O) groups is 4. The summed E-state index contributed by atoms with van der Waals surface area (Å²) in [6.07, 6.45) is 2.30. The number of ether oxygens (including phenoxy) is 1. The molecule has 13 nitrogen and oxygen atoms in total. The number of anilines is 3. The van der Waals surface area contributed by atoms with Crippen molar-refractivity contribution in [3.05, 3.63) is 125 Å². The summed E-state index contributed by atoms with van der Waals surface area (Å²) in [5.41, 5.74) is 4.42. The molecule has 9 rings (SSSR count). The molecule has 2 fully saturated rings. The van der Waals surface area contributed by atoms with Gasteiger partial charge in [0.15, 0.2) is 13.9 Å². The highest BCUT2D eigenvalue weighted by Crippen LogP contribution is 2.60. The normalized spacial score (nSPS) is 25.1. The molecule has 5 atom stereocenters. The number of aliphatic hydroxyl groups is 1. The number of hydrazone groups is 2. The van der Waals surface area contributed by atoms with Crippen molar-refractivity contribution in [3.8, 4) is 0 Å². The lowest BCUT2D eigenvalue weighted by atomic mass is 9.82. The number of hydrogen-bond donors (Lipinski definition) is 2. The minimum absolute atomic E-state index is 0.0486. The molecule has 4 aromatic carbocycles. The summed E-state index contributed by atoms with van der Waals surface area (Å²) in [4.78, 5) is 71.4. The molecule has 0 bridgehead atoms. The van der Waals surface area contributed by atoms with Crippen LogP contribution in [0.15, 0.2) is 113 Å². The molecule has 0 saturated carbocycles. The van der Waals surface area contributed by atoms with Crippen LogP contribution in [-0.4, -0.2) is 83.5 Å². The molecule has 5 aliphatic heterocycles. The number of benzene rings is 4. The van der Waals surface area contributed by atoms with Crippen molar-refractivity contribution in [3.63, 3.8) is 0 Å². The zero-order chi connectivity index (χ0) is 43.3. The summed E-state index contributed by atoms with van der Waals surface area (Å²) in [7, 11) is -3.13. The largest absolute Gasteiger partial charge is 0.432 e. The van der Waals surface area contributed by atoms with Crippen molar-refractivity contribution < 1.29 is 33.8 Å². The molecule has 5 heterocycles. The Labute approximate surface area is 362 Å². The molecule has 2 saturated heterocycles. The van der Waals surface area contributed by atoms with Gasteiger partial charge in [-0.05, 0) is 73.0 Å². The summed E-state index contributed by atoms with van der Waals surface area (Å²) in [5.74, 6) is -1.34. The average Bonchev–Trinajstić information content (AvgIpc) is 3.95. The van der Waals surface area contributed by atoms with Gasteiger partial charge in [0, 0.05) is 49.3 Å². The highest BCUT2D eigenvalue weighted by molar-refractivity contribution is 6.71. The van der Waals surface area contributed by atoms with E-state index in [9.17, 15) is 24.3 Å². The summed E-state index contributed by atoms with van der Waals surface area (Å²) < 4.78 is 7.06. The monoisotopic (exact) mass is 852 g/mol. The Morgan fingerprint density at radius 1 is 0.806 bits per heavy atom. The van der Waals surface area contributed by atoms with Crippen molar-refractivity contribution >= 4 is 60.4 Å². The van der Waals surface area contributed by atoms with Crippen LogP contribution in [0.2, 0.25) is 18.6 Å². The third-order valence-corrected chi connectivity index (χ3v) is 15.8. The standard InChI is InChI=1S/C48H52N6O7Si/c1-31-46(62(2,3)60)42(28-45(58)51-26-10-15-37(51)30-55)61-48(31)38-27-36(54-44(57)25-22-40(50-54)34-13-8-5-9-14-34)20-23-41(38)52(47(48)59)29-32-16-18-35(19-17-32)53-43(56)24-21-39(49-53)33-11-6-4-7-12-33/h4-9,11-14,16-20,23,27,31,37,42,46,55,60H,10,15,21-22,24-26,28-30H2,1-3H3/t31-,37+,42+,46-,48+/m1/s1. The first kappa shape index (κ1) is 41.5. The van der Waals surface area contributed by atoms with Gasteiger partial charge in [-0.15, -0.1) is 0 Å². The van der Waals surface area contributed by atoms with Gasteiger partial charge in [0.2, 0.25) is 17.7 Å². The second kappa shape index (κ2) is 16.5. The Morgan fingerprint density at radius 3 is 1.97 bits per heavy atom. The average molecular weight is 853 g/mol. The van der Waals surface area contributed by atoms with Crippen molar-refractivity contribution in [1.82, 2.24) is 4.90 Å². The fraction of sp³-hybridized carbons (Fsp3) is 0.375. The van der Waals surface area contributed by atoms with E-state index in [1.54, 1.807) is 15.9 Å². The molecule has 4 amide bonds. The summed E-state index contributed by atoms with van der Waals surface area (Å²) in [6.45, 7) is 6.13. The van der Waals surface area contributed by atoms with Gasteiger partial charge in [0.25, 0.3) is 5.91 Å². The van der Waals surface area contributed by atoms with Crippen LogP contribution in [0.4, 0.5) is 17.1 Å². The van der Waals surface area contributed by atoms with Gasteiger partial charge in [-0.3, -0.25) is 19.2 Å². The molecule has 0 aliphatic carbocycles. The van der Waals surface area contributed by atoms with Crippen molar-refractivity contribution in [2.75, 3.05) is 28.1 Å². The summed E-state index contributed by atoms with van der Waals surface area (Å²) >= 11 is 0. The van der Waals surface area contributed by atoms with Crippen LogP contribution in [0, 0.1) is 5.92 Å². The van der Waals surface area contributed by atoms with Crippen LogP contribution in [-0.2, 0) is 36.1 Å². The Balaban J connectivity index is 1.09. The Bertz CT molecular complexity index is 2460. The maximum Gasteiger partial charge on any atom is 0.264 e. The van der Waals surface area contributed by atoms with Gasteiger partial charge in [-0.25, -0.2) is 10.0 Å². The smallest absolute Gasteiger partial charge is 0.264 e. The van der Waals surface area contributed by atoms with Gasteiger partial charge in [-0.2, -0.15) is 10.2 Å². The lowest BCUT2D eigenvalue weighted by molar-refractivity contribution is -0.150. The maximum atomic E-state index is 15.4. The zero-order valence-corrected chi connectivity index (χ0v) is 36.3. The van der Waals surface area contributed by atoms with Crippen LogP contribution in [0.25, 0.3) is 0 Å². The fourth-order valence-corrected chi connectivity index (χ4v) is 12.9. The van der Waals surface area contributed by atoms with Gasteiger partial charge >= 0.3 is 0 Å². The molecule has 0 unspecified atom stereocenters. The minimum Gasteiger partial charge on any atom is -0.432 e. The topological polar surface area (TPSA) is 156 Å². The number of nitrogens with zero attached hydrogens (tertiary/aromatic N) is 6. The molecular weight excluding hydrogens is 801 g/mol. The van der Waals surface area contributed by atoms with Crippen molar-refractivity contribution in [1.29, 1.82) is 0 Å². The predicted molar refractivity (Wildman–Crippen MR) is 239 cm³/mol. The van der Waals surface area contributed by atoms with E-state index in [4.69, 9.17) is 14.9 Å². The Morgan fingerprint density at radius 2 is 1.39 bits per heavy atom. The molecule has 1 spiro atoms. The first-order chi connectivity index (χ1) is 29.9. The lowest BCUT2D eigenvalue weighted by Crippen LogP contribution is -2.46. The first-order valence-electron chi connectivity index (χ1n) is 21.6. The number of fused-ring (bicyclic) bond motifs is 2. The maximum absolute atomic E-state index is 15.4. The molecule has 62 heavy (non-hydrogen) atoms. The quantitative estimate of drug-likeness (QED) is 0.174. The molecule has 14 heteroatoms. The Kier molecular flexibility index (Phi) is 11.0. The van der Waals surface area contributed by atoms with E-state index in [0.717, 1.165) is 34.5 Å². The van der Waals surface area contributed by atoms with E-state index in [1.807, 2.05) is 117 Å². The number of rotatable bonds is 10. The predicted octanol–water partition coefficient (Wildman–Crippen LogP) is 6.47. The number of hydrogen-bond acceptors (Lipinski definition) is 9. The zero-order valence-electron chi connectivity index (χ0n) is 35.3. The van der Waals surface area contributed by atoms with Crippen LogP contribution >= 0.6 is 0 Å². The minimum atomic E-state index is -3.13. The SMILES string of the molecule is C[C@@H]1[C@@H]([Si](C)(C)O)[C@H](CC(=O)N2CCC[C@H]2CO)O[C@@]12C(=O)N(Cc1ccc(N3N=C(c4ccccc4)CCC3=O)cc1)c1ccc(N3N=C(c4ccccc4)CCC3=O)cc12. The number of carbonyl (C=O) groups excluding carboxylic acids is 4.